The Morgan fingerprint density at radius 3 is 2.42 bits per heavy atom. The van der Waals surface area contributed by atoms with Crippen LogP contribution in [0.5, 0.6) is 0 Å². The quantitative estimate of drug-likeness (QED) is 0.774. The van der Waals surface area contributed by atoms with Gasteiger partial charge < -0.3 is 15.3 Å². The van der Waals surface area contributed by atoms with E-state index in [0.717, 1.165) is 16.7 Å². The van der Waals surface area contributed by atoms with E-state index < -0.39 is 0 Å². The standard InChI is InChI=1S/C15H21N3O/c19-15-17-13-9-8-12(10-14(13)18-15)16-11-6-4-2-1-3-5-7-11/h8-11,16H,1-7H2,(H2,17,18,19). The second kappa shape index (κ2) is 5.51. The third-order valence-corrected chi connectivity index (χ3v) is 3.99. The zero-order valence-electron chi connectivity index (χ0n) is 11.2. The van der Waals surface area contributed by atoms with Crippen molar-refractivity contribution in [1.29, 1.82) is 0 Å². The molecular formula is C15H21N3O. The van der Waals surface area contributed by atoms with E-state index in [9.17, 15) is 4.79 Å². The average Bonchev–Trinajstić information content (AvgIpc) is 2.72. The predicted molar refractivity (Wildman–Crippen MR) is 78.6 cm³/mol. The molecule has 0 spiro atoms. The van der Waals surface area contributed by atoms with Crippen LogP contribution in [-0.4, -0.2) is 16.0 Å². The smallest absolute Gasteiger partial charge is 0.323 e. The summed E-state index contributed by atoms with van der Waals surface area (Å²) < 4.78 is 0. The number of hydrogen-bond donors (Lipinski definition) is 3. The molecule has 0 amide bonds. The molecule has 1 fully saturated rings. The van der Waals surface area contributed by atoms with E-state index in [1.54, 1.807) is 0 Å². The fourth-order valence-corrected chi connectivity index (χ4v) is 2.96. The summed E-state index contributed by atoms with van der Waals surface area (Å²) in [7, 11) is 0. The zero-order chi connectivity index (χ0) is 13.1. The van der Waals surface area contributed by atoms with Crippen molar-refractivity contribution >= 4 is 16.7 Å². The number of fused-ring (bicyclic) bond motifs is 1. The van der Waals surface area contributed by atoms with Gasteiger partial charge in [0, 0.05) is 11.7 Å². The summed E-state index contributed by atoms with van der Waals surface area (Å²) in [5.74, 6) is 0. The third-order valence-electron chi connectivity index (χ3n) is 3.99. The second-order valence-corrected chi connectivity index (χ2v) is 5.53. The number of nitrogens with one attached hydrogen (secondary N) is 3. The van der Waals surface area contributed by atoms with Crippen molar-refractivity contribution in [3.63, 3.8) is 0 Å². The lowest BCUT2D eigenvalue weighted by atomic mass is 9.96. The molecule has 102 valence electrons. The Bertz CT molecular complexity index is 591. The van der Waals surface area contributed by atoms with Gasteiger partial charge in [-0.25, -0.2) is 4.79 Å². The summed E-state index contributed by atoms with van der Waals surface area (Å²) in [4.78, 5) is 16.8. The number of anilines is 1. The number of rotatable bonds is 2. The van der Waals surface area contributed by atoms with Crippen LogP contribution in [0, 0.1) is 0 Å². The van der Waals surface area contributed by atoms with Crippen molar-refractivity contribution in [3.8, 4) is 0 Å². The topological polar surface area (TPSA) is 60.7 Å². The molecule has 4 nitrogen and oxygen atoms in total. The molecule has 0 unspecified atom stereocenters. The summed E-state index contributed by atoms with van der Waals surface area (Å²) in [6, 6.07) is 6.60. The lowest BCUT2D eigenvalue weighted by Crippen LogP contribution is -2.20. The molecule has 3 N–H and O–H groups in total. The number of aromatic nitrogens is 2. The van der Waals surface area contributed by atoms with Gasteiger partial charge >= 0.3 is 5.69 Å². The van der Waals surface area contributed by atoms with Gasteiger partial charge in [0.15, 0.2) is 0 Å². The van der Waals surface area contributed by atoms with Gasteiger partial charge in [-0.2, -0.15) is 0 Å². The SMILES string of the molecule is O=c1[nH]c2ccc(NC3CCCCCCC3)cc2[nH]1. The molecule has 1 aliphatic carbocycles. The number of imidazole rings is 1. The molecule has 1 aromatic carbocycles. The van der Waals surface area contributed by atoms with Gasteiger partial charge in [0.1, 0.15) is 0 Å². The third kappa shape index (κ3) is 3.00. The van der Waals surface area contributed by atoms with E-state index in [0.29, 0.717) is 6.04 Å². The lowest BCUT2D eigenvalue weighted by Gasteiger charge is -2.22. The van der Waals surface area contributed by atoms with Crippen LogP contribution in [0.2, 0.25) is 0 Å². The Morgan fingerprint density at radius 1 is 0.947 bits per heavy atom. The highest BCUT2D eigenvalue weighted by atomic mass is 16.1. The summed E-state index contributed by atoms with van der Waals surface area (Å²) in [6.07, 6.45) is 9.26. The van der Waals surface area contributed by atoms with Crippen molar-refractivity contribution < 1.29 is 0 Å². The molecule has 1 aromatic heterocycles. The summed E-state index contributed by atoms with van der Waals surface area (Å²) >= 11 is 0. The Balaban J connectivity index is 1.74. The first-order valence-electron chi connectivity index (χ1n) is 7.30. The first-order valence-corrected chi connectivity index (χ1v) is 7.30. The highest BCUT2D eigenvalue weighted by Gasteiger charge is 2.11. The van der Waals surface area contributed by atoms with Crippen molar-refractivity contribution in [2.24, 2.45) is 0 Å². The van der Waals surface area contributed by atoms with Gasteiger partial charge in [-0.1, -0.05) is 32.1 Å². The van der Waals surface area contributed by atoms with E-state index in [-0.39, 0.29) is 5.69 Å². The van der Waals surface area contributed by atoms with Gasteiger partial charge in [-0.3, -0.25) is 0 Å². The van der Waals surface area contributed by atoms with Crippen LogP contribution in [0.15, 0.2) is 23.0 Å². The Morgan fingerprint density at radius 2 is 1.63 bits per heavy atom. The van der Waals surface area contributed by atoms with Crippen LogP contribution in [0.1, 0.15) is 44.9 Å². The van der Waals surface area contributed by atoms with Gasteiger partial charge in [0.2, 0.25) is 0 Å². The van der Waals surface area contributed by atoms with E-state index in [1.165, 1.54) is 44.9 Å². The zero-order valence-corrected chi connectivity index (χ0v) is 11.2. The van der Waals surface area contributed by atoms with Gasteiger partial charge in [0.25, 0.3) is 0 Å². The summed E-state index contributed by atoms with van der Waals surface area (Å²) in [5, 5.41) is 3.61. The maximum Gasteiger partial charge on any atom is 0.323 e. The fourth-order valence-electron chi connectivity index (χ4n) is 2.96. The number of H-pyrrole nitrogens is 2. The highest BCUT2D eigenvalue weighted by Crippen LogP contribution is 2.22. The summed E-state index contributed by atoms with van der Waals surface area (Å²) in [6.45, 7) is 0. The molecule has 0 radical (unpaired) electrons. The minimum atomic E-state index is -0.141. The van der Waals surface area contributed by atoms with Gasteiger partial charge in [-0.05, 0) is 31.0 Å². The molecule has 0 bridgehead atoms. The van der Waals surface area contributed by atoms with Crippen molar-refractivity contribution in [1.82, 2.24) is 9.97 Å². The molecule has 1 heterocycles. The minimum absolute atomic E-state index is 0.141. The molecule has 1 saturated carbocycles. The molecule has 3 rings (SSSR count). The number of aromatic amines is 2. The van der Waals surface area contributed by atoms with E-state index in [4.69, 9.17) is 0 Å². The first-order chi connectivity index (χ1) is 9.31. The molecule has 0 aliphatic heterocycles. The van der Waals surface area contributed by atoms with Crippen LogP contribution >= 0.6 is 0 Å². The van der Waals surface area contributed by atoms with Crippen LogP contribution in [0.25, 0.3) is 11.0 Å². The molecule has 4 heteroatoms. The molecule has 2 aromatic rings. The first kappa shape index (κ1) is 12.3. The normalized spacial score (nSPS) is 18.1. The number of benzene rings is 1. The lowest BCUT2D eigenvalue weighted by molar-refractivity contribution is 0.471. The van der Waals surface area contributed by atoms with Crippen LogP contribution < -0.4 is 11.0 Å². The average molecular weight is 259 g/mol. The van der Waals surface area contributed by atoms with Crippen molar-refractivity contribution in [3.05, 3.63) is 28.7 Å². The maximum atomic E-state index is 11.2. The maximum absolute atomic E-state index is 11.2. The summed E-state index contributed by atoms with van der Waals surface area (Å²) in [5.41, 5.74) is 2.71. The fraction of sp³-hybridized carbons (Fsp3) is 0.533. The van der Waals surface area contributed by atoms with Crippen LogP contribution in [0.3, 0.4) is 0 Å². The van der Waals surface area contributed by atoms with Crippen LogP contribution in [0.4, 0.5) is 5.69 Å². The highest BCUT2D eigenvalue weighted by molar-refractivity contribution is 5.78. The van der Waals surface area contributed by atoms with Crippen molar-refractivity contribution in [2.75, 3.05) is 5.32 Å². The predicted octanol–water partition coefficient (Wildman–Crippen LogP) is 3.38. The van der Waals surface area contributed by atoms with Crippen LogP contribution in [-0.2, 0) is 0 Å². The van der Waals surface area contributed by atoms with Gasteiger partial charge in [-0.15, -0.1) is 0 Å². The number of hydrogen-bond acceptors (Lipinski definition) is 2. The molecule has 0 saturated heterocycles. The largest absolute Gasteiger partial charge is 0.382 e. The Kier molecular flexibility index (Phi) is 3.58. The Hall–Kier alpha value is -1.71. The second-order valence-electron chi connectivity index (χ2n) is 5.53. The molecule has 1 aliphatic rings. The monoisotopic (exact) mass is 259 g/mol. The van der Waals surface area contributed by atoms with E-state index in [2.05, 4.69) is 15.3 Å². The Labute approximate surface area is 112 Å². The minimum Gasteiger partial charge on any atom is -0.382 e. The van der Waals surface area contributed by atoms with Crippen molar-refractivity contribution in [2.45, 2.75) is 51.0 Å². The molecule has 0 atom stereocenters. The van der Waals surface area contributed by atoms with Gasteiger partial charge in [0.05, 0.1) is 11.0 Å². The van der Waals surface area contributed by atoms with E-state index in [1.807, 2.05) is 18.2 Å². The molecular weight excluding hydrogens is 238 g/mol. The van der Waals surface area contributed by atoms with E-state index >= 15 is 0 Å². The molecule has 19 heavy (non-hydrogen) atoms.